The number of primary amides is 1. The Balaban J connectivity index is 0.931. The number of likely N-dealkylation sites (tertiary alicyclic amines) is 1. The van der Waals surface area contributed by atoms with E-state index in [1.165, 1.54) is 9.78 Å². The second-order valence-electron chi connectivity index (χ2n) is 18.2. The molecule has 3 aliphatic carbocycles. The molecule has 0 bridgehead atoms. The van der Waals surface area contributed by atoms with Gasteiger partial charge in [0.15, 0.2) is 5.82 Å². The molecule has 4 fully saturated rings. The quantitative estimate of drug-likeness (QED) is 0.0724. The fourth-order valence-electron chi connectivity index (χ4n) is 8.43. The Labute approximate surface area is 365 Å². The first kappa shape index (κ1) is 43.6. The van der Waals surface area contributed by atoms with Gasteiger partial charge in [-0.1, -0.05) is 57.9 Å². The summed E-state index contributed by atoms with van der Waals surface area (Å²) in [5.41, 5.74) is 7.43. The second kappa shape index (κ2) is 18.0. The van der Waals surface area contributed by atoms with Crippen LogP contribution in [0.2, 0.25) is 0 Å². The zero-order valence-electron chi connectivity index (χ0n) is 35.5. The fraction of sp³-hybridized carbons (Fsp3) is 0.556. The van der Waals surface area contributed by atoms with Crippen LogP contribution >= 0.6 is 11.3 Å². The van der Waals surface area contributed by atoms with Crippen molar-refractivity contribution >= 4 is 67.2 Å². The number of aromatic nitrogens is 2. The average Bonchev–Trinajstić information content (AvgIpc) is 3.95. The molecular weight excluding hydrogens is 833 g/mol. The predicted molar refractivity (Wildman–Crippen MR) is 235 cm³/mol. The molecule has 17 heteroatoms. The van der Waals surface area contributed by atoms with E-state index < -0.39 is 57.3 Å². The number of furan rings is 1. The Bertz CT molecular complexity index is 2460. The molecule has 4 N–H and O–H groups in total. The molecule has 0 unspecified atom stereocenters. The number of sulfonamides is 1. The van der Waals surface area contributed by atoms with Gasteiger partial charge in [0.1, 0.15) is 35.4 Å². The van der Waals surface area contributed by atoms with Gasteiger partial charge >= 0.3 is 6.09 Å². The van der Waals surface area contributed by atoms with Crippen LogP contribution in [-0.4, -0.2) is 83.2 Å². The second-order valence-corrected chi connectivity index (χ2v) is 21.3. The first-order valence-electron chi connectivity index (χ1n) is 21.9. The molecule has 15 nitrogen and oxygen atoms in total. The summed E-state index contributed by atoms with van der Waals surface area (Å²) in [5, 5.41) is 3.18. The van der Waals surface area contributed by atoms with Crippen molar-refractivity contribution in [2.24, 2.45) is 17.6 Å². The molecule has 1 saturated heterocycles. The minimum atomic E-state index is -3.55. The summed E-state index contributed by atoms with van der Waals surface area (Å²) in [6, 6.07) is 9.67. The maximum atomic E-state index is 14.4. The largest absolute Gasteiger partial charge is 0.470 e. The summed E-state index contributed by atoms with van der Waals surface area (Å²) >= 11 is 1.60. The van der Waals surface area contributed by atoms with Crippen LogP contribution in [0.1, 0.15) is 109 Å². The number of hydrogen-bond donors (Lipinski definition) is 3. The lowest BCUT2D eigenvalue weighted by Gasteiger charge is -2.28. The maximum Gasteiger partial charge on any atom is 0.408 e. The average molecular weight is 889 g/mol. The third-order valence-corrected chi connectivity index (χ3v) is 15.5. The van der Waals surface area contributed by atoms with E-state index in [0.717, 1.165) is 55.2 Å². The molecule has 8 rings (SSSR count). The molecule has 332 valence electrons. The number of allylic oxidation sites excluding steroid dienone is 2. The van der Waals surface area contributed by atoms with Crippen molar-refractivity contribution in [2.75, 3.05) is 6.54 Å². The lowest BCUT2D eigenvalue weighted by Crippen LogP contribution is -2.53. The number of alkyl carbamates (subject to hydrolysis) is 1. The van der Waals surface area contributed by atoms with Crippen LogP contribution in [0.25, 0.3) is 32.8 Å². The first-order chi connectivity index (χ1) is 29.6. The van der Waals surface area contributed by atoms with Crippen molar-refractivity contribution in [3.05, 3.63) is 53.4 Å². The standard InChI is InChI=1S/C45H56N6O9S2/c1-45(2,3)36-22-21-35(61-36)40-48-37-30-16-11-12-18-34(30)60-38(37)42(49-40)58-28-24-33(39(46)52)51(25-28)43(54)32(47-44(55)59-27-14-9-10-15-27)17-8-6-4-5-7-13-26-23-31(26)41(53)50-62(56,57)29-19-20-29/h7,11-13,16,18,21-22,26-29,31-33H,4-6,8-10,14-15,17,19-20,23-25H2,1-3H3,(H2,46,52)(H,47,55)(H,50,53)/b13-7-/t26-,28-,31+,32+,33+/m1/s1. The molecule has 3 saturated carbocycles. The summed E-state index contributed by atoms with van der Waals surface area (Å²) in [6.07, 6.45) is 11.1. The fourth-order valence-corrected chi connectivity index (χ4v) is 10.8. The highest BCUT2D eigenvalue weighted by atomic mass is 32.2. The zero-order valence-corrected chi connectivity index (χ0v) is 37.1. The number of fused-ring (bicyclic) bond motifs is 3. The van der Waals surface area contributed by atoms with Crippen molar-refractivity contribution in [3.8, 4) is 16.6 Å². The minimum Gasteiger partial charge on any atom is -0.470 e. The number of carbonyl (C=O) groups excluding carboxylic acids is 4. The van der Waals surface area contributed by atoms with Crippen molar-refractivity contribution in [2.45, 2.75) is 139 Å². The number of nitrogens with one attached hydrogen (secondary N) is 2. The molecule has 62 heavy (non-hydrogen) atoms. The molecule has 4 heterocycles. The highest BCUT2D eigenvalue weighted by Crippen LogP contribution is 2.41. The molecule has 5 atom stereocenters. The molecule has 4 amide bonds. The Hall–Kier alpha value is -5.03. The normalized spacial score (nSPS) is 22.3. The van der Waals surface area contributed by atoms with E-state index in [1.807, 2.05) is 42.5 Å². The lowest BCUT2D eigenvalue weighted by molar-refractivity contribution is -0.139. The number of nitrogens with zero attached hydrogens (tertiary/aromatic N) is 3. The van der Waals surface area contributed by atoms with E-state index in [9.17, 15) is 27.6 Å². The van der Waals surface area contributed by atoms with Crippen molar-refractivity contribution in [3.63, 3.8) is 0 Å². The lowest BCUT2D eigenvalue weighted by atomic mass is 9.95. The number of benzene rings is 1. The number of carbonyl (C=O) groups is 4. The van der Waals surface area contributed by atoms with Crippen LogP contribution < -0.4 is 20.5 Å². The number of hydrogen-bond acceptors (Lipinski definition) is 12. The monoisotopic (exact) mass is 888 g/mol. The number of thiophene rings is 1. The van der Waals surface area contributed by atoms with Crippen molar-refractivity contribution in [1.29, 1.82) is 0 Å². The van der Waals surface area contributed by atoms with Gasteiger partial charge in [-0.2, -0.15) is 4.98 Å². The topological polar surface area (TPSA) is 213 Å². The van der Waals surface area contributed by atoms with Crippen molar-refractivity contribution < 1.29 is 41.5 Å². The molecule has 0 radical (unpaired) electrons. The van der Waals surface area contributed by atoms with Crippen LogP contribution in [0.5, 0.6) is 5.88 Å². The highest BCUT2D eigenvalue weighted by molar-refractivity contribution is 7.90. The number of rotatable bonds is 17. The van der Waals surface area contributed by atoms with Crippen LogP contribution in [0.15, 0.2) is 53.0 Å². The smallest absolute Gasteiger partial charge is 0.408 e. The molecular formula is C45H56N6O9S2. The number of para-hydroxylation sites is 1. The minimum absolute atomic E-state index is 0.0218. The summed E-state index contributed by atoms with van der Waals surface area (Å²) < 4.78 is 45.0. The highest BCUT2D eigenvalue weighted by Gasteiger charge is 2.45. The van der Waals surface area contributed by atoms with E-state index in [1.54, 1.807) is 11.3 Å². The molecule has 1 aliphatic heterocycles. The van der Waals surface area contributed by atoms with Crippen LogP contribution in [0.3, 0.4) is 0 Å². The van der Waals surface area contributed by atoms with Gasteiger partial charge in [0, 0.05) is 22.6 Å². The molecule has 1 aromatic carbocycles. The summed E-state index contributed by atoms with van der Waals surface area (Å²) in [7, 11) is -3.55. The SMILES string of the molecule is CC(C)(C)c1ccc(-c2nc(O[C@@H]3C[C@@H](C(N)=O)N(C(=O)[C@H](CCCCC/C=C\[C@@H]4C[C@@H]4C(=O)NS(=O)(=O)C4CC4)NC(=O)OC4CCCC4)C3)c3oc4ccccc4c3n2)s1. The summed E-state index contributed by atoms with van der Waals surface area (Å²) in [5.74, 6) is -1.19. The van der Waals surface area contributed by atoms with Crippen molar-refractivity contribution in [1.82, 2.24) is 24.9 Å². The number of unbranched alkanes of at least 4 members (excludes halogenated alkanes) is 3. The van der Waals surface area contributed by atoms with Gasteiger partial charge in [-0.25, -0.2) is 18.2 Å². The van der Waals surface area contributed by atoms with Gasteiger partial charge in [0.25, 0.3) is 5.88 Å². The third-order valence-electron chi connectivity index (χ3n) is 12.2. The van der Waals surface area contributed by atoms with Gasteiger partial charge in [-0.3, -0.25) is 19.1 Å². The maximum absolute atomic E-state index is 14.4. The van der Waals surface area contributed by atoms with E-state index in [2.05, 4.69) is 36.9 Å². The Morgan fingerprint density at radius 1 is 1.00 bits per heavy atom. The van der Waals surface area contributed by atoms with E-state index in [4.69, 9.17) is 29.6 Å². The van der Waals surface area contributed by atoms with Crippen LogP contribution in [0.4, 0.5) is 4.79 Å². The van der Waals surface area contributed by atoms with Gasteiger partial charge in [-0.15, -0.1) is 11.3 Å². The Morgan fingerprint density at radius 3 is 2.50 bits per heavy atom. The molecule has 0 spiro atoms. The third kappa shape index (κ3) is 10.1. The number of ether oxygens (including phenoxy) is 2. The van der Waals surface area contributed by atoms with E-state index in [0.29, 0.717) is 54.6 Å². The molecule has 3 aromatic heterocycles. The van der Waals surface area contributed by atoms with Gasteiger partial charge in [0.05, 0.1) is 16.7 Å². The summed E-state index contributed by atoms with van der Waals surface area (Å²) in [6.45, 7) is 6.47. The molecule has 4 aromatic rings. The van der Waals surface area contributed by atoms with E-state index in [-0.39, 0.29) is 42.2 Å². The molecule has 4 aliphatic rings. The van der Waals surface area contributed by atoms with Crippen LogP contribution in [-0.2, 0) is 34.6 Å². The van der Waals surface area contributed by atoms with Gasteiger partial charge in [0.2, 0.25) is 33.3 Å². The van der Waals surface area contributed by atoms with Gasteiger partial charge in [-0.05, 0) is 99.8 Å². The first-order valence-corrected chi connectivity index (χ1v) is 24.3. The Kier molecular flexibility index (Phi) is 12.7. The predicted octanol–water partition coefficient (Wildman–Crippen LogP) is 7.02. The number of amides is 4. The number of nitrogens with two attached hydrogens (primary N) is 1. The van der Waals surface area contributed by atoms with Crippen LogP contribution in [0, 0.1) is 11.8 Å². The Morgan fingerprint density at radius 2 is 1.77 bits per heavy atom. The summed E-state index contributed by atoms with van der Waals surface area (Å²) in [4.78, 5) is 66.2. The zero-order chi connectivity index (χ0) is 43.8. The van der Waals surface area contributed by atoms with E-state index >= 15 is 0 Å². The van der Waals surface area contributed by atoms with Gasteiger partial charge < -0.3 is 29.8 Å².